The van der Waals surface area contributed by atoms with Crippen molar-refractivity contribution in [3.05, 3.63) is 23.9 Å². The molecule has 2 heterocycles. The molecule has 8 heteroatoms. The Balaban J connectivity index is 1.96. The normalized spacial score (nSPS) is 18.0. The quantitative estimate of drug-likeness (QED) is 0.501. The molecule has 0 aliphatic carbocycles. The monoisotopic (exact) mass is 390 g/mol. The van der Waals surface area contributed by atoms with Crippen LogP contribution >= 0.6 is 0 Å². The summed E-state index contributed by atoms with van der Waals surface area (Å²) < 4.78 is 5.60. The molecule has 0 bridgehead atoms. The van der Waals surface area contributed by atoms with E-state index >= 15 is 0 Å². The van der Waals surface area contributed by atoms with Gasteiger partial charge in [0.15, 0.2) is 5.96 Å². The van der Waals surface area contributed by atoms with Gasteiger partial charge in [-0.1, -0.05) is 0 Å². The second kappa shape index (κ2) is 10.3. The molecule has 0 spiro atoms. The second-order valence-corrected chi connectivity index (χ2v) is 8.00. The molecule has 1 unspecified atom stereocenters. The molecule has 1 aliphatic rings. The zero-order valence-corrected chi connectivity index (χ0v) is 17.7. The van der Waals surface area contributed by atoms with Crippen LogP contribution in [-0.4, -0.2) is 61.3 Å². The van der Waals surface area contributed by atoms with Crippen molar-refractivity contribution in [2.75, 3.05) is 37.7 Å². The van der Waals surface area contributed by atoms with Crippen LogP contribution in [0.5, 0.6) is 0 Å². The molecular formula is C20H34N6O2. The molecule has 1 saturated heterocycles. The van der Waals surface area contributed by atoms with Crippen LogP contribution in [0.1, 0.15) is 40.2 Å². The number of hydrogen-bond acceptors (Lipinski definition) is 5. The largest absolute Gasteiger partial charge is 0.375 e. The maximum absolute atomic E-state index is 12.0. The number of pyridine rings is 1. The Morgan fingerprint density at radius 3 is 2.86 bits per heavy atom. The van der Waals surface area contributed by atoms with Crippen molar-refractivity contribution in [1.29, 1.82) is 0 Å². The van der Waals surface area contributed by atoms with Gasteiger partial charge in [-0.2, -0.15) is 0 Å². The topological polar surface area (TPSA) is 90.9 Å². The third-order valence-corrected chi connectivity index (χ3v) is 4.07. The minimum absolute atomic E-state index is 0.0641. The van der Waals surface area contributed by atoms with E-state index in [2.05, 4.69) is 43.8 Å². The fraction of sp³-hybridized carbons (Fsp3) is 0.650. The van der Waals surface area contributed by atoms with Crippen molar-refractivity contribution in [3.8, 4) is 0 Å². The van der Waals surface area contributed by atoms with Crippen LogP contribution in [0.3, 0.4) is 0 Å². The minimum atomic E-state index is -0.251. The molecular weight excluding hydrogens is 356 g/mol. The molecule has 156 valence electrons. The Morgan fingerprint density at radius 2 is 2.18 bits per heavy atom. The number of carbonyl (C=O) groups excluding carboxylic acids is 1. The first-order chi connectivity index (χ1) is 13.3. The lowest BCUT2D eigenvalue weighted by Crippen LogP contribution is -2.48. The first kappa shape index (κ1) is 21.9. The number of aromatic nitrogens is 1. The fourth-order valence-electron chi connectivity index (χ4n) is 2.90. The maximum Gasteiger partial charge on any atom is 0.239 e. The molecule has 2 rings (SSSR count). The highest BCUT2D eigenvalue weighted by molar-refractivity contribution is 5.86. The van der Waals surface area contributed by atoms with Crippen LogP contribution in [0.25, 0.3) is 0 Å². The lowest BCUT2D eigenvalue weighted by atomic mass is 10.1. The van der Waals surface area contributed by atoms with Gasteiger partial charge in [0.2, 0.25) is 5.91 Å². The molecule has 1 aromatic rings. The van der Waals surface area contributed by atoms with Gasteiger partial charge in [0.25, 0.3) is 0 Å². The van der Waals surface area contributed by atoms with Crippen molar-refractivity contribution < 1.29 is 9.53 Å². The third kappa shape index (κ3) is 7.72. The lowest BCUT2D eigenvalue weighted by Gasteiger charge is -2.32. The van der Waals surface area contributed by atoms with Gasteiger partial charge in [0.1, 0.15) is 5.82 Å². The summed E-state index contributed by atoms with van der Waals surface area (Å²) in [7, 11) is 0. The Bertz CT molecular complexity index is 671. The average Bonchev–Trinajstić information content (AvgIpc) is 2.63. The highest BCUT2D eigenvalue weighted by Gasteiger charge is 2.18. The van der Waals surface area contributed by atoms with Gasteiger partial charge in [-0.3, -0.25) is 4.79 Å². The summed E-state index contributed by atoms with van der Waals surface area (Å²) in [6.45, 7) is 13.8. The van der Waals surface area contributed by atoms with Crippen molar-refractivity contribution >= 4 is 17.7 Å². The highest BCUT2D eigenvalue weighted by Crippen LogP contribution is 2.16. The van der Waals surface area contributed by atoms with Gasteiger partial charge in [0, 0.05) is 31.4 Å². The third-order valence-electron chi connectivity index (χ3n) is 4.07. The van der Waals surface area contributed by atoms with Gasteiger partial charge in [0.05, 0.1) is 25.8 Å². The van der Waals surface area contributed by atoms with Gasteiger partial charge < -0.3 is 25.6 Å². The number of amides is 1. The minimum Gasteiger partial charge on any atom is -0.375 e. The number of nitrogens with zero attached hydrogens (tertiary/aromatic N) is 3. The zero-order chi connectivity index (χ0) is 20.6. The molecule has 0 aromatic carbocycles. The number of ether oxygens (including phenoxy) is 1. The number of aliphatic imine (C=N–C) groups is 1. The van der Waals surface area contributed by atoms with Crippen LogP contribution in [0.2, 0.25) is 0 Å². The van der Waals surface area contributed by atoms with Gasteiger partial charge >= 0.3 is 0 Å². The number of anilines is 1. The first-order valence-electron chi connectivity index (χ1n) is 9.91. The number of carbonyl (C=O) groups is 1. The second-order valence-electron chi connectivity index (χ2n) is 8.00. The molecule has 0 radical (unpaired) electrons. The molecule has 3 N–H and O–H groups in total. The van der Waals surface area contributed by atoms with E-state index in [-0.39, 0.29) is 24.1 Å². The van der Waals surface area contributed by atoms with E-state index in [9.17, 15) is 4.79 Å². The molecule has 1 fully saturated rings. The van der Waals surface area contributed by atoms with Crippen molar-refractivity contribution in [3.63, 3.8) is 0 Å². The number of guanidine groups is 1. The zero-order valence-electron chi connectivity index (χ0n) is 17.7. The molecule has 1 aliphatic heterocycles. The van der Waals surface area contributed by atoms with Crippen molar-refractivity contribution in [1.82, 2.24) is 20.9 Å². The predicted molar refractivity (Wildman–Crippen MR) is 113 cm³/mol. The molecule has 0 saturated carbocycles. The van der Waals surface area contributed by atoms with Gasteiger partial charge in [-0.15, -0.1) is 0 Å². The standard InChI is InChI=1S/C20H34N6O2/c1-6-21-19(24-13-18(27)25-20(3,4)5)23-12-16-7-8-22-17(11-16)26-9-10-28-15(2)14-26/h7-8,11,15H,6,9-10,12-14H2,1-5H3,(H,25,27)(H2,21,23,24). The van der Waals surface area contributed by atoms with Crippen LogP contribution < -0.4 is 20.9 Å². The number of hydrogen-bond donors (Lipinski definition) is 3. The summed E-state index contributed by atoms with van der Waals surface area (Å²) in [5.41, 5.74) is 0.819. The van der Waals surface area contributed by atoms with Crippen LogP contribution in [0, 0.1) is 0 Å². The summed E-state index contributed by atoms with van der Waals surface area (Å²) in [6, 6.07) is 4.03. The maximum atomic E-state index is 12.0. The highest BCUT2D eigenvalue weighted by atomic mass is 16.5. The first-order valence-corrected chi connectivity index (χ1v) is 9.91. The summed E-state index contributed by atoms with van der Waals surface area (Å²) in [6.07, 6.45) is 2.03. The molecule has 1 atom stereocenters. The predicted octanol–water partition coefficient (Wildman–Crippen LogP) is 1.28. The fourth-order valence-corrected chi connectivity index (χ4v) is 2.90. The summed E-state index contributed by atoms with van der Waals surface area (Å²) >= 11 is 0. The van der Waals surface area contributed by atoms with E-state index in [1.165, 1.54) is 0 Å². The number of nitrogens with one attached hydrogen (secondary N) is 3. The summed E-state index contributed by atoms with van der Waals surface area (Å²) in [5, 5.41) is 9.18. The van der Waals surface area contributed by atoms with E-state index in [0.29, 0.717) is 12.5 Å². The average molecular weight is 391 g/mol. The molecule has 1 aromatic heterocycles. The van der Waals surface area contributed by atoms with E-state index in [1.54, 1.807) is 0 Å². The van der Waals surface area contributed by atoms with E-state index in [0.717, 1.165) is 37.6 Å². The lowest BCUT2D eigenvalue weighted by molar-refractivity contribution is -0.121. The summed E-state index contributed by atoms with van der Waals surface area (Å²) in [4.78, 5) is 23.3. The van der Waals surface area contributed by atoms with Gasteiger partial charge in [-0.25, -0.2) is 9.98 Å². The Hall–Kier alpha value is -2.35. The van der Waals surface area contributed by atoms with Crippen LogP contribution in [-0.2, 0) is 16.1 Å². The molecule has 1 amide bonds. The summed E-state index contributed by atoms with van der Waals surface area (Å²) in [5.74, 6) is 1.50. The van der Waals surface area contributed by atoms with Crippen molar-refractivity contribution in [2.24, 2.45) is 4.99 Å². The van der Waals surface area contributed by atoms with E-state index < -0.39 is 0 Å². The van der Waals surface area contributed by atoms with Gasteiger partial charge in [-0.05, 0) is 52.3 Å². The SMILES string of the molecule is CCNC(=NCc1ccnc(N2CCOC(C)C2)c1)NCC(=O)NC(C)(C)C. The molecule has 8 nitrogen and oxygen atoms in total. The van der Waals surface area contributed by atoms with Crippen molar-refractivity contribution in [2.45, 2.75) is 52.8 Å². The Labute approximate surface area is 168 Å². The van der Waals surface area contributed by atoms with E-state index in [1.807, 2.05) is 40.0 Å². The number of morpholine rings is 1. The van der Waals surface area contributed by atoms with Crippen LogP contribution in [0.15, 0.2) is 23.3 Å². The van der Waals surface area contributed by atoms with Crippen LogP contribution in [0.4, 0.5) is 5.82 Å². The smallest absolute Gasteiger partial charge is 0.239 e. The van der Waals surface area contributed by atoms with E-state index in [4.69, 9.17) is 4.74 Å². The molecule has 28 heavy (non-hydrogen) atoms. The Morgan fingerprint density at radius 1 is 1.39 bits per heavy atom. The number of rotatable bonds is 6. The Kier molecular flexibility index (Phi) is 8.04.